The van der Waals surface area contributed by atoms with E-state index in [1.807, 2.05) is 5.38 Å². The van der Waals surface area contributed by atoms with E-state index in [-0.39, 0.29) is 11.5 Å². The van der Waals surface area contributed by atoms with Gasteiger partial charge in [-0.15, -0.1) is 0 Å². The standard InChI is InChI=1S/C15H15N3O4S/c19-14-13(18(21)22)7-12(8-16-14)15(20)17-4-1-10(2-5-17)11-3-6-23-9-11/h3,6-10H,1-2,4-5H2,(H,16,19). The zero-order valence-electron chi connectivity index (χ0n) is 12.2. The molecule has 2 aromatic heterocycles. The summed E-state index contributed by atoms with van der Waals surface area (Å²) in [6, 6.07) is 3.16. The number of nitrogens with one attached hydrogen (secondary N) is 1. The Bertz CT molecular complexity index is 776. The van der Waals surface area contributed by atoms with Gasteiger partial charge in [0.1, 0.15) is 0 Å². The maximum atomic E-state index is 12.5. The minimum absolute atomic E-state index is 0.144. The number of carbonyl (C=O) groups excluding carboxylic acids is 1. The first-order chi connectivity index (χ1) is 11.1. The minimum Gasteiger partial charge on any atom is -0.339 e. The molecule has 0 bridgehead atoms. The SMILES string of the molecule is O=C(c1c[nH]c(=O)c([N+](=O)[O-])c1)N1CCC(c2ccsc2)CC1. The topological polar surface area (TPSA) is 96.3 Å². The Morgan fingerprint density at radius 2 is 2.13 bits per heavy atom. The van der Waals surface area contributed by atoms with Gasteiger partial charge in [0.05, 0.1) is 10.5 Å². The first-order valence-electron chi connectivity index (χ1n) is 7.25. The van der Waals surface area contributed by atoms with E-state index in [1.54, 1.807) is 16.2 Å². The summed E-state index contributed by atoms with van der Waals surface area (Å²) in [5.41, 5.74) is 0.0405. The summed E-state index contributed by atoms with van der Waals surface area (Å²) in [7, 11) is 0. The number of H-pyrrole nitrogens is 1. The lowest BCUT2D eigenvalue weighted by molar-refractivity contribution is -0.386. The highest BCUT2D eigenvalue weighted by Crippen LogP contribution is 2.29. The van der Waals surface area contributed by atoms with Gasteiger partial charge in [0.2, 0.25) is 0 Å². The van der Waals surface area contributed by atoms with Crippen LogP contribution in [-0.2, 0) is 0 Å². The summed E-state index contributed by atoms with van der Waals surface area (Å²) < 4.78 is 0. The predicted molar refractivity (Wildman–Crippen MR) is 85.9 cm³/mol. The monoisotopic (exact) mass is 333 g/mol. The molecule has 1 amide bonds. The molecule has 1 aliphatic heterocycles. The van der Waals surface area contributed by atoms with Crippen molar-refractivity contribution in [2.75, 3.05) is 13.1 Å². The fourth-order valence-electron chi connectivity index (χ4n) is 2.84. The van der Waals surface area contributed by atoms with Crippen molar-refractivity contribution in [2.24, 2.45) is 0 Å². The third kappa shape index (κ3) is 3.16. The second-order valence-electron chi connectivity index (χ2n) is 5.48. The second kappa shape index (κ2) is 6.33. The molecule has 3 heterocycles. The summed E-state index contributed by atoms with van der Waals surface area (Å²) >= 11 is 1.66. The summed E-state index contributed by atoms with van der Waals surface area (Å²) in [6.07, 6.45) is 2.98. The van der Waals surface area contributed by atoms with Gasteiger partial charge >= 0.3 is 11.2 Å². The number of hydrogen-bond acceptors (Lipinski definition) is 5. The van der Waals surface area contributed by atoms with Gasteiger partial charge in [-0.05, 0) is 41.1 Å². The van der Waals surface area contributed by atoms with E-state index in [0.717, 1.165) is 18.9 Å². The van der Waals surface area contributed by atoms with E-state index < -0.39 is 16.2 Å². The minimum atomic E-state index is -0.803. The van der Waals surface area contributed by atoms with Crippen LogP contribution in [0.15, 0.2) is 33.9 Å². The molecule has 8 heteroatoms. The van der Waals surface area contributed by atoms with E-state index in [2.05, 4.69) is 16.4 Å². The van der Waals surface area contributed by atoms with Crippen LogP contribution < -0.4 is 5.56 Å². The van der Waals surface area contributed by atoms with Crippen LogP contribution in [0.1, 0.15) is 34.7 Å². The summed E-state index contributed by atoms with van der Waals surface area (Å²) in [5, 5.41) is 15.0. The van der Waals surface area contributed by atoms with Crippen molar-refractivity contribution in [2.45, 2.75) is 18.8 Å². The third-order valence-corrected chi connectivity index (χ3v) is 4.83. The van der Waals surface area contributed by atoms with Crippen LogP contribution in [0.2, 0.25) is 0 Å². The number of carbonyl (C=O) groups is 1. The van der Waals surface area contributed by atoms with Crippen LogP contribution in [0.25, 0.3) is 0 Å². The molecule has 7 nitrogen and oxygen atoms in total. The molecule has 0 spiro atoms. The van der Waals surface area contributed by atoms with Crippen molar-refractivity contribution in [1.82, 2.24) is 9.88 Å². The molecule has 0 aliphatic carbocycles. The molecule has 0 atom stereocenters. The quantitative estimate of drug-likeness (QED) is 0.689. The van der Waals surface area contributed by atoms with Crippen molar-refractivity contribution in [3.05, 3.63) is 60.7 Å². The lowest BCUT2D eigenvalue weighted by atomic mass is 9.91. The highest BCUT2D eigenvalue weighted by molar-refractivity contribution is 7.07. The van der Waals surface area contributed by atoms with Crippen LogP contribution in [0.3, 0.4) is 0 Å². The molecule has 2 aromatic rings. The number of likely N-dealkylation sites (tertiary alicyclic amines) is 1. The number of piperidine rings is 1. The average molecular weight is 333 g/mol. The van der Waals surface area contributed by atoms with Gasteiger partial charge < -0.3 is 9.88 Å². The van der Waals surface area contributed by atoms with Crippen LogP contribution >= 0.6 is 11.3 Å². The molecule has 1 fully saturated rings. The first-order valence-corrected chi connectivity index (χ1v) is 8.19. The first kappa shape index (κ1) is 15.4. The molecule has 0 radical (unpaired) electrons. The average Bonchev–Trinajstić information content (AvgIpc) is 3.09. The van der Waals surface area contributed by atoms with Crippen molar-refractivity contribution in [3.8, 4) is 0 Å². The van der Waals surface area contributed by atoms with Crippen LogP contribution in [-0.4, -0.2) is 33.8 Å². The Hall–Kier alpha value is -2.48. The molecule has 0 aromatic carbocycles. The van der Waals surface area contributed by atoms with Gasteiger partial charge in [-0.1, -0.05) is 0 Å². The molecule has 1 aliphatic rings. The molecule has 0 unspecified atom stereocenters. The fraction of sp³-hybridized carbons (Fsp3) is 0.333. The van der Waals surface area contributed by atoms with E-state index >= 15 is 0 Å². The number of rotatable bonds is 3. The molecule has 1 saturated heterocycles. The smallest absolute Gasteiger partial charge is 0.334 e. The molecular formula is C15H15N3O4S. The number of aromatic nitrogens is 1. The number of pyridine rings is 1. The second-order valence-corrected chi connectivity index (χ2v) is 6.26. The van der Waals surface area contributed by atoms with E-state index in [4.69, 9.17) is 0 Å². The zero-order valence-corrected chi connectivity index (χ0v) is 13.0. The molecule has 0 saturated carbocycles. The van der Waals surface area contributed by atoms with E-state index in [9.17, 15) is 19.7 Å². The van der Waals surface area contributed by atoms with Crippen LogP contribution in [0.4, 0.5) is 5.69 Å². The molecule has 1 N–H and O–H groups in total. The Morgan fingerprint density at radius 1 is 1.39 bits per heavy atom. The summed E-state index contributed by atoms with van der Waals surface area (Å²) in [6.45, 7) is 1.21. The Kier molecular flexibility index (Phi) is 4.24. The number of nitrogens with zero attached hydrogens (tertiary/aromatic N) is 2. The van der Waals surface area contributed by atoms with Crippen LogP contribution in [0.5, 0.6) is 0 Å². The predicted octanol–water partition coefficient (Wildman–Crippen LogP) is 2.36. The normalized spacial score (nSPS) is 15.6. The number of hydrogen-bond donors (Lipinski definition) is 1. The van der Waals surface area contributed by atoms with E-state index in [0.29, 0.717) is 19.0 Å². The van der Waals surface area contributed by atoms with Gasteiger partial charge in [-0.25, -0.2) is 0 Å². The number of aromatic amines is 1. The highest BCUT2D eigenvalue weighted by atomic mass is 32.1. The number of amides is 1. The molecule has 3 rings (SSSR count). The number of thiophene rings is 1. The zero-order chi connectivity index (χ0) is 16.4. The summed E-state index contributed by atoms with van der Waals surface area (Å²) in [5.74, 6) is 0.170. The molecule has 23 heavy (non-hydrogen) atoms. The lowest BCUT2D eigenvalue weighted by Gasteiger charge is -2.31. The Balaban J connectivity index is 1.71. The molecular weight excluding hydrogens is 318 g/mol. The lowest BCUT2D eigenvalue weighted by Crippen LogP contribution is -2.38. The van der Waals surface area contributed by atoms with Crippen molar-refractivity contribution < 1.29 is 9.72 Å². The van der Waals surface area contributed by atoms with Gasteiger partial charge in [0, 0.05) is 25.4 Å². The van der Waals surface area contributed by atoms with Gasteiger partial charge in [-0.2, -0.15) is 11.3 Å². The fourth-order valence-corrected chi connectivity index (χ4v) is 3.58. The summed E-state index contributed by atoms with van der Waals surface area (Å²) in [4.78, 5) is 37.8. The third-order valence-electron chi connectivity index (χ3n) is 4.12. The van der Waals surface area contributed by atoms with Crippen molar-refractivity contribution >= 4 is 22.9 Å². The van der Waals surface area contributed by atoms with Crippen molar-refractivity contribution in [1.29, 1.82) is 0 Å². The Morgan fingerprint density at radius 3 is 2.74 bits per heavy atom. The maximum Gasteiger partial charge on any atom is 0.334 e. The van der Waals surface area contributed by atoms with Gasteiger partial charge in [0.25, 0.3) is 5.91 Å². The Labute approximate surface area is 135 Å². The van der Waals surface area contributed by atoms with Crippen LogP contribution in [0, 0.1) is 10.1 Å². The van der Waals surface area contributed by atoms with Gasteiger partial charge in [-0.3, -0.25) is 19.7 Å². The van der Waals surface area contributed by atoms with Gasteiger partial charge in [0.15, 0.2) is 0 Å². The van der Waals surface area contributed by atoms with Crippen molar-refractivity contribution in [3.63, 3.8) is 0 Å². The molecule has 120 valence electrons. The highest BCUT2D eigenvalue weighted by Gasteiger charge is 2.26. The number of nitro groups is 1. The van der Waals surface area contributed by atoms with E-state index in [1.165, 1.54) is 11.8 Å². The largest absolute Gasteiger partial charge is 0.339 e. The maximum absolute atomic E-state index is 12.5.